The summed E-state index contributed by atoms with van der Waals surface area (Å²) in [7, 11) is 0. The van der Waals surface area contributed by atoms with Gasteiger partial charge in [0, 0.05) is 11.0 Å². The molecule has 0 bridgehead atoms. The standard InChI is InChI=1S/C13H18BrFN2/c14-13-2-1-12(15)7-11(13)9-17-8-10-3-5-16-6-4-10/h1-2,7,10,16-17H,3-6,8-9H2. The number of halogens is 2. The van der Waals surface area contributed by atoms with Crippen molar-refractivity contribution in [2.24, 2.45) is 5.92 Å². The van der Waals surface area contributed by atoms with Gasteiger partial charge in [0.25, 0.3) is 0 Å². The Morgan fingerprint density at radius 2 is 2.12 bits per heavy atom. The SMILES string of the molecule is Fc1ccc(Br)c(CNCC2CCNCC2)c1. The number of hydrogen-bond donors (Lipinski definition) is 2. The first-order valence-corrected chi connectivity index (χ1v) is 6.90. The van der Waals surface area contributed by atoms with Crippen LogP contribution in [0.15, 0.2) is 22.7 Å². The van der Waals surface area contributed by atoms with E-state index < -0.39 is 0 Å². The minimum Gasteiger partial charge on any atom is -0.317 e. The Hall–Kier alpha value is -0.450. The molecular weight excluding hydrogens is 283 g/mol. The summed E-state index contributed by atoms with van der Waals surface area (Å²) in [6, 6.07) is 4.82. The molecule has 0 atom stereocenters. The van der Waals surface area contributed by atoms with Crippen LogP contribution < -0.4 is 10.6 Å². The quantitative estimate of drug-likeness (QED) is 0.893. The summed E-state index contributed by atoms with van der Waals surface area (Å²) in [6.45, 7) is 3.99. The van der Waals surface area contributed by atoms with E-state index in [4.69, 9.17) is 0 Å². The fraction of sp³-hybridized carbons (Fsp3) is 0.538. The molecule has 1 saturated heterocycles. The van der Waals surface area contributed by atoms with Crippen molar-refractivity contribution < 1.29 is 4.39 Å². The molecule has 1 aromatic rings. The van der Waals surface area contributed by atoms with E-state index in [9.17, 15) is 4.39 Å². The van der Waals surface area contributed by atoms with Crippen molar-refractivity contribution in [2.45, 2.75) is 19.4 Å². The van der Waals surface area contributed by atoms with Gasteiger partial charge in [-0.1, -0.05) is 15.9 Å². The third kappa shape index (κ3) is 4.05. The largest absolute Gasteiger partial charge is 0.317 e. The molecule has 4 heteroatoms. The van der Waals surface area contributed by atoms with Crippen LogP contribution in [0.4, 0.5) is 4.39 Å². The number of benzene rings is 1. The Bertz CT molecular complexity index is 364. The summed E-state index contributed by atoms with van der Waals surface area (Å²) in [6.07, 6.45) is 2.47. The van der Waals surface area contributed by atoms with Gasteiger partial charge in [-0.15, -0.1) is 0 Å². The summed E-state index contributed by atoms with van der Waals surface area (Å²) >= 11 is 3.44. The van der Waals surface area contributed by atoms with E-state index in [-0.39, 0.29) is 5.82 Å². The first kappa shape index (κ1) is 13.0. The zero-order chi connectivity index (χ0) is 12.1. The molecule has 1 aliphatic heterocycles. The molecule has 0 spiro atoms. The Morgan fingerprint density at radius 3 is 2.88 bits per heavy atom. The zero-order valence-corrected chi connectivity index (χ0v) is 11.4. The minimum absolute atomic E-state index is 0.174. The lowest BCUT2D eigenvalue weighted by atomic mass is 9.98. The molecule has 1 heterocycles. The predicted molar refractivity (Wildman–Crippen MR) is 71.4 cm³/mol. The molecule has 0 saturated carbocycles. The van der Waals surface area contributed by atoms with Gasteiger partial charge in [0.1, 0.15) is 5.82 Å². The second-order valence-electron chi connectivity index (χ2n) is 4.56. The molecule has 1 fully saturated rings. The van der Waals surface area contributed by atoms with Crippen molar-refractivity contribution in [3.8, 4) is 0 Å². The molecule has 94 valence electrons. The van der Waals surface area contributed by atoms with Crippen molar-refractivity contribution in [3.63, 3.8) is 0 Å². The number of nitrogens with one attached hydrogen (secondary N) is 2. The molecular formula is C13H18BrFN2. The van der Waals surface area contributed by atoms with Crippen LogP contribution in [-0.2, 0) is 6.54 Å². The van der Waals surface area contributed by atoms with E-state index in [1.165, 1.54) is 18.9 Å². The van der Waals surface area contributed by atoms with Gasteiger partial charge in [-0.25, -0.2) is 4.39 Å². The highest BCUT2D eigenvalue weighted by atomic mass is 79.9. The predicted octanol–water partition coefficient (Wildman–Crippen LogP) is 2.68. The zero-order valence-electron chi connectivity index (χ0n) is 9.81. The van der Waals surface area contributed by atoms with Gasteiger partial charge < -0.3 is 10.6 Å². The molecule has 0 aromatic heterocycles. The molecule has 1 aromatic carbocycles. The van der Waals surface area contributed by atoms with Crippen molar-refractivity contribution >= 4 is 15.9 Å². The molecule has 0 radical (unpaired) electrons. The molecule has 2 N–H and O–H groups in total. The molecule has 2 nitrogen and oxygen atoms in total. The van der Waals surface area contributed by atoms with Crippen LogP contribution >= 0.6 is 15.9 Å². The van der Waals surface area contributed by atoms with Crippen LogP contribution in [0.1, 0.15) is 18.4 Å². The third-order valence-corrected chi connectivity index (χ3v) is 3.99. The van der Waals surface area contributed by atoms with E-state index in [1.807, 2.05) is 0 Å². The van der Waals surface area contributed by atoms with Gasteiger partial charge in [0.15, 0.2) is 0 Å². The maximum Gasteiger partial charge on any atom is 0.123 e. The van der Waals surface area contributed by atoms with Gasteiger partial charge in [-0.3, -0.25) is 0 Å². The normalized spacial score (nSPS) is 17.3. The van der Waals surface area contributed by atoms with E-state index >= 15 is 0 Å². The molecule has 0 aliphatic carbocycles. The summed E-state index contributed by atoms with van der Waals surface area (Å²) < 4.78 is 14.0. The van der Waals surface area contributed by atoms with Crippen LogP contribution in [-0.4, -0.2) is 19.6 Å². The van der Waals surface area contributed by atoms with Crippen molar-refractivity contribution in [1.29, 1.82) is 0 Å². The highest BCUT2D eigenvalue weighted by molar-refractivity contribution is 9.10. The molecule has 0 amide bonds. The van der Waals surface area contributed by atoms with E-state index in [1.54, 1.807) is 12.1 Å². The van der Waals surface area contributed by atoms with Crippen LogP contribution in [0.3, 0.4) is 0 Å². The lowest BCUT2D eigenvalue weighted by molar-refractivity contribution is 0.356. The van der Waals surface area contributed by atoms with Crippen LogP contribution in [0.25, 0.3) is 0 Å². The lowest BCUT2D eigenvalue weighted by Crippen LogP contribution is -2.33. The second kappa shape index (κ2) is 6.47. The van der Waals surface area contributed by atoms with E-state index in [0.29, 0.717) is 0 Å². The Morgan fingerprint density at radius 1 is 1.35 bits per heavy atom. The summed E-state index contributed by atoms with van der Waals surface area (Å²) in [5.41, 5.74) is 0.985. The molecule has 17 heavy (non-hydrogen) atoms. The average molecular weight is 301 g/mol. The van der Waals surface area contributed by atoms with Crippen LogP contribution in [0.5, 0.6) is 0 Å². The first-order valence-electron chi connectivity index (χ1n) is 6.11. The van der Waals surface area contributed by atoms with Gasteiger partial charge >= 0.3 is 0 Å². The molecule has 1 aliphatic rings. The minimum atomic E-state index is -0.174. The maximum atomic E-state index is 13.1. The highest BCUT2D eigenvalue weighted by Crippen LogP contribution is 2.18. The monoisotopic (exact) mass is 300 g/mol. The Labute approximate surface area is 110 Å². The third-order valence-electron chi connectivity index (χ3n) is 3.21. The van der Waals surface area contributed by atoms with Crippen molar-refractivity contribution in [1.82, 2.24) is 10.6 Å². The van der Waals surface area contributed by atoms with Crippen molar-refractivity contribution in [3.05, 3.63) is 34.1 Å². The number of piperidine rings is 1. The second-order valence-corrected chi connectivity index (χ2v) is 5.41. The summed E-state index contributed by atoms with van der Waals surface area (Å²) in [5.74, 6) is 0.579. The number of hydrogen-bond acceptors (Lipinski definition) is 2. The smallest absolute Gasteiger partial charge is 0.123 e. The topological polar surface area (TPSA) is 24.1 Å². The first-order chi connectivity index (χ1) is 8.25. The lowest BCUT2D eigenvalue weighted by Gasteiger charge is -2.22. The molecule has 0 unspecified atom stereocenters. The average Bonchev–Trinajstić information content (AvgIpc) is 2.35. The van der Waals surface area contributed by atoms with Crippen molar-refractivity contribution in [2.75, 3.05) is 19.6 Å². The van der Waals surface area contributed by atoms with Gasteiger partial charge in [0.05, 0.1) is 0 Å². The fourth-order valence-electron chi connectivity index (χ4n) is 2.18. The maximum absolute atomic E-state index is 13.1. The van der Waals surface area contributed by atoms with Gasteiger partial charge in [-0.2, -0.15) is 0 Å². The summed E-state index contributed by atoms with van der Waals surface area (Å²) in [5, 5.41) is 6.77. The summed E-state index contributed by atoms with van der Waals surface area (Å²) in [4.78, 5) is 0. The van der Waals surface area contributed by atoms with Gasteiger partial charge in [0.2, 0.25) is 0 Å². The Balaban J connectivity index is 1.79. The highest BCUT2D eigenvalue weighted by Gasteiger charge is 2.12. The number of rotatable bonds is 4. The van der Waals surface area contributed by atoms with Gasteiger partial charge in [-0.05, 0) is 62.2 Å². The van der Waals surface area contributed by atoms with E-state index in [2.05, 4.69) is 26.6 Å². The Kier molecular flexibility index (Phi) is 4.95. The van der Waals surface area contributed by atoms with Crippen LogP contribution in [0, 0.1) is 11.7 Å². The molecule has 2 rings (SSSR count). The van der Waals surface area contributed by atoms with E-state index in [0.717, 1.165) is 42.1 Å². The van der Waals surface area contributed by atoms with Crippen LogP contribution in [0.2, 0.25) is 0 Å². The fourth-order valence-corrected chi connectivity index (χ4v) is 2.56.